The second-order valence-electron chi connectivity index (χ2n) is 5.85. The Morgan fingerprint density at radius 2 is 1.96 bits per heavy atom. The second-order valence-corrected chi connectivity index (χ2v) is 7.50. The molecule has 0 aliphatic carbocycles. The fourth-order valence-electron chi connectivity index (χ4n) is 2.61. The molecule has 0 atom stereocenters. The number of aromatic nitrogens is 2. The predicted molar refractivity (Wildman–Crippen MR) is 113 cm³/mol. The van der Waals surface area contributed by atoms with Gasteiger partial charge in [-0.2, -0.15) is 4.98 Å². The molecule has 0 aliphatic heterocycles. The maximum atomic E-state index is 12.3. The molecule has 0 aliphatic rings. The van der Waals surface area contributed by atoms with E-state index in [0.29, 0.717) is 34.3 Å². The molecule has 0 saturated heterocycles. The van der Waals surface area contributed by atoms with Crippen LogP contribution in [0.2, 0.25) is 5.02 Å². The van der Waals surface area contributed by atoms with Crippen LogP contribution in [0, 0.1) is 3.57 Å². The van der Waals surface area contributed by atoms with E-state index >= 15 is 0 Å². The van der Waals surface area contributed by atoms with E-state index in [-0.39, 0.29) is 5.91 Å². The summed E-state index contributed by atoms with van der Waals surface area (Å²) in [7, 11) is 0. The Balaban J connectivity index is 1.46. The third kappa shape index (κ3) is 3.96. The van der Waals surface area contributed by atoms with Crippen LogP contribution in [0.25, 0.3) is 22.7 Å². The number of amides is 1. The largest absolute Gasteiger partial charge is 0.434 e. The highest BCUT2D eigenvalue weighted by molar-refractivity contribution is 14.1. The van der Waals surface area contributed by atoms with Gasteiger partial charge in [0.2, 0.25) is 5.89 Å². The van der Waals surface area contributed by atoms with Crippen molar-refractivity contribution in [1.29, 1.82) is 0 Å². The van der Waals surface area contributed by atoms with Gasteiger partial charge in [-0.25, -0.2) is 4.98 Å². The van der Waals surface area contributed by atoms with Crippen molar-refractivity contribution in [3.8, 4) is 11.5 Å². The van der Waals surface area contributed by atoms with Crippen LogP contribution < -0.4 is 5.32 Å². The smallest absolute Gasteiger partial charge is 0.253 e. The van der Waals surface area contributed by atoms with Crippen molar-refractivity contribution in [1.82, 2.24) is 15.3 Å². The lowest BCUT2D eigenvalue weighted by Gasteiger charge is -2.08. The summed E-state index contributed by atoms with van der Waals surface area (Å²) in [5, 5.41) is 3.33. The van der Waals surface area contributed by atoms with Crippen LogP contribution in [-0.2, 0) is 6.54 Å². The van der Waals surface area contributed by atoms with Crippen molar-refractivity contribution in [3.05, 3.63) is 80.5 Å². The number of rotatable bonds is 4. The van der Waals surface area contributed by atoms with Gasteiger partial charge in [-0.1, -0.05) is 23.7 Å². The summed E-state index contributed by atoms with van der Waals surface area (Å²) in [6, 6.07) is 16.7. The minimum atomic E-state index is -0.201. The second kappa shape index (κ2) is 7.66. The average molecular weight is 490 g/mol. The molecule has 0 fully saturated rings. The Kier molecular flexibility index (Phi) is 5.09. The zero-order valence-corrected chi connectivity index (χ0v) is 16.9. The minimum absolute atomic E-state index is 0.201. The summed E-state index contributed by atoms with van der Waals surface area (Å²) in [6.45, 7) is 0.399. The van der Waals surface area contributed by atoms with Crippen LogP contribution in [0.3, 0.4) is 0 Å². The Bertz CT molecular complexity index is 1090. The molecule has 7 heteroatoms. The first-order valence-corrected chi connectivity index (χ1v) is 9.60. The Morgan fingerprint density at radius 3 is 2.74 bits per heavy atom. The number of nitrogens with zero attached hydrogens (tertiary/aromatic N) is 2. The van der Waals surface area contributed by atoms with Gasteiger partial charge in [0.25, 0.3) is 5.91 Å². The summed E-state index contributed by atoms with van der Waals surface area (Å²) in [6.07, 6.45) is 1.68. The lowest BCUT2D eigenvalue weighted by Crippen LogP contribution is -2.23. The molecule has 1 amide bonds. The molecule has 2 aromatic heterocycles. The average Bonchev–Trinajstić information content (AvgIpc) is 3.12. The fraction of sp³-hybridized carbons (Fsp3) is 0.0500. The van der Waals surface area contributed by atoms with Crippen LogP contribution in [0.5, 0.6) is 0 Å². The van der Waals surface area contributed by atoms with Crippen molar-refractivity contribution in [3.63, 3.8) is 0 Å². The van der Waals surface area contributed by atoms with E-state index < -0.39 is 0 Å². The van der Waals surface area contributed by atoms with Crippen molar-refractivity contribution in [2.45, 2.75) is 6.54 Å². The number of carbonyl (C=O) groups is 1. The molecule has 0 unspecified atom stereocenters. The molecule has 0 bridgehead atoms. The lowest BCUT2D eigenvalue weighted by molar-refractivity contribution is 0.0951. The van der Waals surface area contributed by atoms with Gasteiger partial charge < -0.3 is 9.73 Å². The van der Waals surface area contributed by atoms with Gasteiger partial charge in [-0.15, -0.1) is 0 Å². The van der Waals surface area contributed by atoms with E-state index in [2.05, 4.69) is 37.9 Å². The van der Waals surface area contributed by atoms with Crippen LogP contribution in [-0.4, -0.2) is 15.9 Å². The number of carbonyl (C=O) groups excluding carboxylic acids is 1. The quantitative estimate of drug-likeness (QED) is 0.406. The lowest BCUT2D eigenvalue weighted by atomic mass is 10.1. The van der Waals surface area contributed by atoms with Crippen LogP contribution in [0.4, 0.5) is 0 Å². The molecule has 2 aromatic carbocycles. The highest BCUT2D eigenvalue weighted by atomic mass is 127. The van der Waals surface area contributed by atoms with Gasteiger partial charge >= 0.3 is 0 Å². The fourth-order valence-corrected chi connectivity index (χ4v) is 3.30. The van der Waals surface area contributed by atoms with E-state index in [0.717, 1.165) is 14.7 Å². The molecule has 2 heterocycles. The highest BCUT2D eigenvalue weighted by Crippen LogP contribution is 2.23. The molecule has 0 radical (unpaired) electrons. The SMILES string of the molecule is O=C(NCc1ccc(-c2nc3ncccc3o2)cc1)c1cc(I)ccc1Cl. The number of pyridine rings is 1. The Morgan fingerprint density at radius 1 is 1.15 bits per heavy atom. The number of oxazole rings is 1. The van der Waals surface area contributed by atoms with Gasteiger partial charge in [-0.3, -0.25) is 4.79 Å². The molecule has 27 heavy (non-hydrogen) atoms. The number of nitrogens with one attached hydrogen (secondary N) is 1. The van der Waals surface area contributed by atoms with Crippen LogP contribution in [0.1, 0.15) is 15.9 Å². The molecular weight excluding hydrogens is 477 g/mol. The third-order valence-electron chi connectivity index (χ3n) is 3.99. The number of hydrogen-bond donors (Lipinski definition) is 1. The number of benzene rings is 2. The maximum Gasteiger partial charge on any atom is 0.253 e. The molecule has 0 spiro atoms. The van der Waals surface area contributed by atoms with Crippen molar-refractivity contribution < 1.29 is 9.21 Å². The first-order chi connectivity index (χ1) is 13.1. The standard InChI is InChI=1S/C20H13ClIN3O2/c21-16-8-7-14(22)10-15(16)19(26)24-11-12-3-5-13(6-4-12)20-25-18-17(27-20)2-1-9-23-18/h1-10H,11H2,(H,24,26). The zero-order chi connectivity index (χ0) is 18.8. The van der Waals surface area contributed by atoms with E-state index in [9.17, 15) is 4.79 Å². The highest BCUT2D eigenvalue weighted by Gasteiger charge is 2.11. The van der Waals surface area contributed by atoms with Gasteiger partial charge in [0.1, 0.15) is 0 Å². The van der Waals surface area contributed by atoms with Crippen LogP contribution in [0.15, 0.2) is 65.2 Å². The number of halogens is 2. The first-order valence-electron chi connectivity index (χ1n) is 8.14. The Labute approximate surface area is 173 Å². The van der Waals surface area contributed by atoms with Gasteiger partial charge in [0.05, 0.1) is 10.6 Å². The minimum Gasteiger partial charge on any atom is -0.434 e. The summed E-state index contributed by atoms with van der Waals surface area (Å²) in [5.41, 5.74) is 3.52. The molecule has 1 N–H and O–H groups in total. The molecule has 134 valence electrons. The summed E-state index contributed by atoms with van der Waals surface area (Å²) >= 11 is 8.26. The maximum absolute atomic E-state index is 12.3. The predicted octanol–water partition coefficient (Wildman–Crippen LogP) is 5.08. The summed E-state index contributed by atoms with van der Waals surface area (Å²) in [4.78, 5) is 20.9. The monoisotopic (exact) mass is 489 g/mol. The van der Waals surface area contributed by atoms with Crippen molar-refractivity contribution in [2.75, 3.05) is 0 Å². The van der Waals surface area contributed by atoms with E-state index in [1.54, 1.807) is 18.3 Å². The number of fused-ring (bicyclic) bond motifs is 1. The van der Waals surface area contributed by atoms with Gasteiger partial charge in [-0.05, 0) is 70.6 Å². The van der Waals surface area contributed by atoms with Gasteiger partial charge in [0.15, 0.2) is 11.2 Å². The summed E-state index contributed by atoms with van der Waals surface area (Å²) in [5.74, 6) is 0.317. The Hall–Kier alpha value is -2.45. The first kappa shape index (κ1) is 17.9. The van der Waals surface area contributed by atoms with Gasteiger partial charge in [0, 0.05) is 21.9 Å². The molecule has 5 nitrogen and oxygen atoms in total. The van der Waals surface area contributed by atoms with E-state index in [1.165, 1.54) is 0 Å². The topological polar surface area (TPSA) is 68.0 Å². The van der Waals surface area contributed by atoms with E-state index in [4.69, 9.17) is 16.0 Å². The number of hydrogen-bond acceptors (Lipinski definition) is 4. The normalized spacial score (nSPS) is 10.9. The van der Waals surface area contributed by atoms with Crippen LogP contribution >= 0.6 is 34.2 Å². The molecule has 0 saturated carbocycles. The molecule has 4 aromatic rings. The van der Waals surface area contributed by atoms with E-state index in [1.807, 2.05) is 42.5 Å². The molecule has 4 rings (SSSR count). The molecular formula is C20H13ClIN3O2. The summed E-state index contributed by atoms with van der Waals surface area (Å²) < 4.78 is 6.67. The zero-order valence-electron chi connectivity index (χ0n) is 13.9. The third-order valence-corrected chi connectivity index (χ3v) is 4.99. The van der Waals surface area contributed by atoms with Crippen molar-refractivity contribution >= 4 is 51.3 Å². The van der Waals surface area contributed by atoms with Crippen molar-refractivity contribution in [2.24, 2.45) is 0 Å².